The Hall–Kier alpha value is -1.50. The smallest absolute Gasteiger partial charge is 0.244 e. The maximum atomic E-state index is 12.0. The predicted octanol–water partition coefficient (Wildman–Crippen LogP) is -0.0518. The molecule has 1 saturated heterocycles. The third-order valence-corrected chi connectivity index (χ3v) is 3.03. The molecule has 0 saturated carbocycles. The highest BCUT2D eigenvalue weighted by Gasteiger charge is 2.26. The molecule has 1 aromatic heterocycles. The van der Waals surface area contributed by atoms with Crippen LogP contribution in [0, 0.1) is 5.92 Å². The summed E-state index contributed by atoms with van der Waals surface area (Å²) in [7, 11) is 0. The highest BCUT2D eigenvalue weighted by Crippen LogP contribution is 2.16. The molecule has 0 unspecified atom stereocenters. The highest BCUT2D eigenvalue weighted by molar-refractivity contribution is 5.76. The van der Waals surface area contributed by atoms with Crippen molar-refractivity contribution >= 4 is 5.91 Å². The maximum absolute atomic E-state index is 12.0. The van der Waals surface area contributed by atoms with E-state index in [1.807, 2.05) is 4.90 Å². The summed E-state index contributed by atoms with van der Waals surface area (Å²) in [5, 5.41) is 10.7. The van der Waals surface area contributed by atoms with Crippen LogP contribution in [-0.4, -0.2) is 57.3 Å². The molecule has 0 radical (unpaired) electrons. The van der Waals surface area contributed by atoms with Crippen molar-refractivity contribution in [3.8, 4) is 0 Å². The molecule has 7 heteroatoms. The van der Waals surface area contributed by atoms with E-state index in [2.05, 4.69) is 22.4 Å². The number of nitrogens with zero attached hydrogens (tertiary/aromatic N) is 5. The second-order valence-electron chi connectivity index (χ2n) is 4.58. The van der Waals surface area contributed by atoms with E-state index in [0.717, 1.165) is 39.1 Å². The Labute approximate surface area is 106 Å². The average molecular weight is 253 g/mol. The van der Waals surface area contributed by atoms with Gasteiger partial charge in [-0.25, -0.2) is 4.68 Å². The number of carbonyl (C=O) groups excluding carboxylic acids is 1. The maximum Gasteiger partial charge on any atom is 0.244 e. The lowest BCUT2D eigenvalue weighted by Gasteiger charge is -2.16. The minimum absolute atomic E-state index is 0.0697. The van der Waals surface area contributed by atoms with Gasteiger partial charge in [0.05, 0.1) is 6.61 Å². The number of hydrogen-bond acceptors (Lipinski definition) is 5. The second-order valence-corrected chi connectivity index (χ2v) is 4.58. The quantitative estimate of drug-likeness (QED) is 0.664. The summed E-state index contributed by atoms with van der Waals surface area (Å²) < 4.78 is 6.97. The van der Waals surface area contributed by atoms with Crippen molar-refractivity contribution in [2.45, 2.75) is 26.3 Å². The SMILES string of the molecule is CCCOC[C@@H]1CCN(C(=O)Cn2cnnn2)C1. The first-order valence-electron chi connectivity index (χ1n) is 6.36. The normalized spacial score (nSPS) is 19.4. The number of carbonyl (C=O) groups is 1. The van der Waals surface area contributed by atoms with Crippen molar-refractivity contribution < 1.29 is 9.53 Å². The summed E-state index contributed by atoms with van der Waals surface area (Å²) >= 11 is 0. The molecular weight excluding hydrogens is 234 g/mol. The Morgan fingerprint density at radius 2 is 2.44 bits per heavy atom. The molecule has 1 aliphatic rings. The van der Waals surface area contributed by atoms with E-state index in [1.165, 1.54) is 11.0 Å². The molecule has 1 aromatic rings. The van der Waals surface area contributed by atoms with Crippen molar-refractivity contribution in [1.29, 1.82) is 0 Å². The highest BCUT2D eigenvalue weighted by atomic mass is 16.5. The molecule has 2 rings (SSSR count). The Balaban J connectivity index is 1.72. The minimum atomic E-state index is 0.0697. The fourth-order valence-corrected chi connectivity index (χ4v) is 2.08. The zero-order valence-corrected chi connectivity index (χ0v) is 10.7. The molecule has 0 bridgehead atoms. The van der Waals surface area contributed by atoms with Gasteiger partial charge in [-0.05, 0) is 23.3 Å². The number of tetrazole rings is 1. The Morgan fingerprint density at radius 1 is 1.56 bits per heavy atom. The van der Waals surface area contributed by atoms with Gasteiger partial charge in [0.2, 0.25) is 5.91 Å². The monoisotopic (exact) mass is 253 g/mol. The van der Waals surface area contributed by atoms with E-state index in [1.54, 1.807) is 0 Å². The van der Waals surface area contributed by atoms with Gasteiger partial charge >= 0.3 is 0 Å². The van der Waals surface area contributed by atoms with Gasteiger partial charge in [0.15, 0.2) is 0 Å². The minimum Gasteiger partial charge on any atom is -0.381 e. The molecule has 1 atom stereocenters. The number of rotatable bonds is 6. The topological polar surface area (TPSA) is 73.1 Å². The van der Waals surface area contributed by atoms with Gasteiger partial charge < -0.3 is 9.64 Å². The summed E-state index contributed by atoms with van der Waals surface area (Å²) in [4.78, 5) is 13.8. The largest absolute Gasteiger partial charge is 0.381 e. The van der Waals surface area contributed by atoms with Gasteiger partial charge in [0, 0.05) is 25.6 Å². The fourth-order valence-electron chi connectivity index (χ4n) is 2.08. The van der Waals surface area contributed by atoms with E-state index in [9.17, 15) is 4.79 Å². The van der Waals surface area contributed by atoms with Crippen LogP contribution in [0.15, 0.2) is 6.33 Å². The van der Waals surface area contributed by atoms with Crippen molar-refractivity contribution in [2.24, 2.45) is 5.92 Å². The number of amides is 1. The molecule has 0 N–H and O–H groups in total. The van der Waals surface area contributed by atoms with Crippen LogP contribution in [-0.2, 0) is 16.1 Å². The van der Waals surface area contributed by atoms with Crippen molar-refractivity contribution in [3.63, 3.8) is 0 Å². The Kier molecular flexibility index (Phi) is 4.63. The third kappa shape index (κ3) is 3.49. The van der Waals surface area contributed by atoms with E-state index in [0.29, 0.717) is 5.92 Å². The van der Waals surface area contributed by atoms with Gasteiger partial charge in [0.25, 0.3) is 0 Å². The summed E-state index contributed by atoms with van der Waals surface area (Å²) in [5.41, 5.74) is 0. The van der Waals surface area contributed by atoms with Crippen LogP contribution < -0.4 is 0 Å². The molecular formula is C11H19N5O2. The van der Waals surface area contributed by atoms with Crippen molar-refractivity contribution in [1.82, 2.24) is 25.1 Å². The van der Waals surface area contributed by atoms with Gasteiger partial charge in [0.1, 0.15) is 12.9 Å². The lowest BCUT2D eigenvalue weighted by Crippen LogP contribution is -2.32. The van der Waals surface area contributed by atoms with Crippen molar-refractivity contribution in [3.05, 3.63) is 6.33 Å². The van der Waals surface area contributed by atoms with E-state index in [-0.39, 0.29) is 12.5 Å². The van der Waals surface area contributed by atoms with Crippen molar-refractivity contribution in [2.75, 3.05) is 26.3 Å². The Bertz CT molecular complexity index is 368. The Morgan fingerprint density at radius 3 is 3.17 bits per heavy atom. The van der Waals surface area contributed by atoms with Gasteiger partial charge in [-0.15, -0.1) is 5.10 Å². The first-order chi connectivity index (χ1) is 8.79. The van der Waals surface area contributed by atoms with Crippen LogP contribution >= 0.6 is 0 Å². The standard InChI is InChI=1S/C11H19N5O2/c1-2-5-18-8-10-3-4-15(6-10)11(17)7-16-9-12-13-14-16/h9-10H,2-8H2,1H3/t10-/m1/s1. The number of hydrogen-bond donors (Lipinski definition) is 0. The first kappa shape index (κ1) is 12.9. The zero-order valence-electron chi connectivity index (χ0n) is 10.7. The van der Waals surface area contributed by atoms with Gasteiger partial charge in [-0.3, -0.25) is 4.79 Å². The van der Waals surface area contributed by atoms with E-state index in [4.69, 9.17) is 4.74 Å². The second kappa shape index (κ2) is 6.44. The number of aromatic nitrogens is 4. The molecule has 1 fully saturated rings. The number of ether oxygens (including phenoxy) is 1. The summed E-state index contributed by atoms with van der Waals surface area (Å²) in [5.74, 6) is 0.537. The van der Waals surface area contributed by atoms with Gasteiger partial charge in [-0.1, -0.05) is 6.92 Å². The summed E-state index contributed by atoms with van der Waals surface area (Å²) in [6.07, 6.45) is 3.51. The van der Waals surface area contributed by atoms with Crippen LogP contribution in [0.1, 0.15) is 19.8 Å². The van der Waals surface area contributed by atoms with Gasteiger partial charge in [-0.2, -0.15) is 0 Å². The number of likely N-dealkylation sites (tertiary alicyclic amines) is 1. The summed E-state index contributed by atoms with van der Waals surface area (Å²) in [6, 6.07) is 0. The van der Waals surface area contributed by atoms with Crippen LogP contribution in [0.25, 0.3) is 0 Å². The molecule has 0 aliphatic carbocycles. The zero-order chi connectivity index (χ0) is 12.8. The van der Waals surface area contributed by atoms with Crippen LogP contribution in [0.4, 0.5) is 0 Å². The molecule has 100 valence electrons. The third-order valence-electron chi connectivity index (χ3n) is 3.03. The molecule has 0 aromatic carbocycles. The molecule has 0 spiro atoms. The van der Waals surface area contributed by atoms with Crippen LogP contribution in [0.5, 0.6) is 0 Å². The molecule has 2 heterocycles. The molecule has 7 nitrogen and oxygen atoms in total. The fraction of sp³-hybridized carbons (Fsp3) is 0.818. The predicted molar refractivity (Wildman–Crippen MR) is 63.6 cm³/mol. The van der Waals surface area contributed by atoms with E-state index >= 15 is 0 Å². The summed E-state index contributed by atoms with van der Waals surface area (Å²) in [6.45, 7) is 5.45. The molecule has 18 heavy (non-hydrogen) atoms. The lowest BCUT2D eigenvalue weighted by atomic mass is 10.1. The first-order valence-corrected chi connectivity index (χ1v) is 6.36. The molecule has 1 amide bonds. The lowest BCUT2D eigenvalue weighted by molar-refractivity contribution is -0.131. The van der Waals surface area contributed by atoms with E-state index < -0.39 is 0 Å². The van der Waals surface area contributed by atoms with Crippen LogP contribution in [0.2, 0.25) is 0 Å². The average Bonchev–Trinajstić information content (AvgIpc) is 3.00. The molecule has 1 aliphatic heterocycles. The van der Waals surface area contributed by atoms with Crippen LogP contribution in [0.3, 0.4) is 0 Å².